The van der Waals surface area contributed by atoms with Crippen molar-refractivity contribution in [2.75, 3.05) is 25.6 Å². The summed E-state index contributed by atoms with van der Waals surface area (Å²) in [4.78, 5) is 25.3. The fourth-order valence-electron chi connectivity index (χ4n) is 3.00. The first-order valence-electron chi connectivity index (χ1n) is 10.3. The maximum absolute atomic E-state index is 12.8. The van der Waals surface area contributed by atoms with Gasteiger partial charge in [0.05, 0.1) is 11.3 Å². The molecule has 162 valence electrons. The lowest BCUT2D eigenvalue weighted by Gasteiger charge is -2.20. The van der Waals surface area contributed by atoms with E-state index in [-0.39, 0.29) is 17.7 Å². The fraction of sp³-hybridized carbons (Fsp3) is 0.417. The summed E-state index contributed by atoms with van der Waals surface area (Å²) in [7, 11) is 1.62. The highest BCUT2D eigenvalue weighted by Crippen LogP contribution is 2.28. The molecule has 1 atom stereocenters. The second kappa shape index (κ2) is 11.4. The number of anilines is 1. The summed E-state index contributed by atoms with van der Waals surface area (Å²) in [5.74, 6) is 0.428. The number of hydrogen-bond donors (Lipinski definition) is 2. The molecule has 6 heteroatoms. The Bertz CT molecular complexity index is 864. The molecular formula is C24H32N2O4. The van der Waals surface area contributed by atoms with E-state index in [4.69, 9.17) is 9.47 Å². The highest BCUT2D eigenvalue weighted by atomic mass is 16.5. The Morgan fingerprint density at radius 3 is 2.50 bits per heavy atom. The third kappa shape index (κ3) is 6.59. The van der Waals surface area contributed by atoms with Crippen molar-refractivity contribution in [2.45, 2.75) is 46.1 Å². The number of amides is 2. The maximum Gasteiger partial charge on any atom is 0.265 e. The van der Waals surface area contributed by atoms with Crippen molar-refractivity contribution in [1.29, 1.82) is 0 Å². The summed E-state index contributed by atoms with van der Waals surface area (Å²) in [5.41, 5.74) is 2.98. The van der Waals surface area contributed by atoms with E-state index in [9.17, 15) is 9.59 Å². The first kappa shape index (κ1) is 23.4. The molecule has 0 saturated heterocycles. The van der Waals surface area contributed by atoms with Crippen LogP contribution in [0.1, 0.15) is 54.6 Å². The predicted octanol–water partition coefficient (Wildman–Crippen LogP) is 4.29. The summed E-state index contributed by atoms with van der Waals surface area (Å²) in [5, 5.41) is 5.67. The molecule has 0 aliphatic carbocycles. The van der Waals surface area contributed by atoms with Crippen molar-refractivity contribution in [2.24, 2.45) is 0 Å². The number of carbonyl (C=O) groups excluding carboxylic acids is 2. The third-order valence-corrected chi connectivity index (χ3v) is 4.70. The van der Waals surface area contributed by atoms with E-state index in [0.29, 0.717) is 30.2 Å². The molecule has 6 nitrogen and oxygen atoms in total. The van der Waals surface area contributed by atoms with E-state index in [2.05, 4.69) is 24.5 Å². The van der Waals surface area contributed by atoms with Crippen molar-refractivity contribution in [1.82, 2.24) is 5.32 Å². The number of aryl methyl sites for hydroxylation is 1. The van der Waals surface area contributed by atoms with Crippen LogP contribution in [0.4, 0.5) is 5.69 Å². The van der Waals surface area contributed by atoms with Crippen LogP contribution in [0.3, 0.4) is 0 Å². The monoisotopic (exact) mass is 412 g/mol. The van der Waals surface area contributed by atoms with Crippen molar-refractivity contribution >= 4 is 17.5 Å². The Morgan fingerprint density at radius 1 is 1.07 bits per heavy atom. The molecule has 2 aromatic rings. The van der Waals surface area contributed by atoms with Crippen LogP contribution in [0.5, 0.6) is 5.75 Å². The summed E-state index contributed by atoms with van der Waals surface area (Å²) in [6.45, 7) is 8.94. The number of ether oxygens (including phenoxy) is 2. The van der Waals surface area contributed by atoms with Gasteiger partial charge in [-0.3, -0.25) is 9.59 Å². The van der Waals surface area contributed by atoms with Crippen molar-refractivity contribution in [3.63, 3.8) is 0 Å². The van der Waals surface area contributed by atoms with Gasteiger partial charge in [-0.1, -0.05) is 38.1 Å². The molecule has 0 spiro atoms. The van der Waals surface area contributed by atoms with E-state index in [1.54, 1.807) is 38.3 Å². The zero-order valence-corrected chi connectivity index (χ0v) is 18.5. The average molecular weight is 413 g/mol. The highest BCUT2D eigenvalue weighted by molar-refractivity contribution is 6.04. The smallest absolute Gasteiger partial charge is 0.265 e. The van der Waals surface area contributed by atoms with E-state index in [1.165, 1.54) is 0 Å². The number of nitrogens with one attached hydrogen (secondary N) is 2. The molecule has 0 unspecified atom stereocenters. The number of methoxy groups -OCH3 is 1. The van der Waals surface area contributed by atoms with E-state index >= 15 is 0 Å². The lowest BCUT2D eigenvalue weighted by Crippen LogP contribution is -2.32. The molecule has 0 saturated carbocycles. The molecule has 2 N–H and O–H groups in total. The molecule has 0 aliphatic heterocycles. The lowest BCUT2D eigenvalue weighted by atomic mass is 10.0. The second-order valence-corrected chi connectivity index (χ2v) is 7.59. The fourth-order valence-corrected chi connectivity index (χ4v) is 3.00. The van der Waals surface area contributed by atoms with Crippen molar-refractivity contribution in [3.05, 3.63) is 59.2 Å². The van der Waals surface area contributed by atoms with Crippen LogP contribution in [0.15, 0.2) is 42.5 Å². The SMILES string of the molecule is COCCCNC(=O)c1ccccc1NC(=O)[C@@H](C)Oc1cc(C)ccc1C(C)C. The summed E-state index contributed by atoms with van der Waals surface area (Å²) < 4.78 is 11.0. The molecule has 0 fully saturated rings. The number of hydrogen-bond acceptors (Lipinski definition) is 4. The second-order valence-electron chi connectivity index (χ2n) is 7.59. The zero-order chi connectivity index (χ0) is 22.1. The molecule has 2 aromatic carbocycles. The Kier molecular flexibility index (Phi) is 8.87. The molecular weight excluding hydrogens is 380 g/mol. The molecule has 30 heavy (non-hydrogen) atoms. The van der Waals surface area contributed by atoms with E-state index in [0.717, 1.165) is 17.5 Å². The van der Waals surface area contributed by atoms with Crippen molar-refractivity contribution in [3.8, 4) is 5.75 Å². The predicted molar refractivity (Wildman–Crippen MR) is 119 cm³/mol. The Labute approximate surface area is 179 Å². The van der Waals surface area contributed by atoms with Gasteiger partial charge in [0.1, 0.15) is 5.75 Å². The van der Waals surface area contributed by atoms with Crippen LogP contribution < -0.4 is 15.4 Å². The van der Waals surface area contributed by atoms with Gasteiger partial charge in [0, 0.05) is 20.3 Å². The molecule has 0 aliphatic rings. The normalized spacial score (nSPS) is 11.8. The van der Waals surface area contributed by atoms with Gasteiger partial charge in [0.15, 0.2) is 6.10 Å². The van der Waals surface area contributed by atoms with Gasteiger partial charge < -0.3 is 20.1 Å². The molecule has 0 heterocycles. The van der Waals surface area contributed by atoms with Gasteiger partial charge in [0.2, 0.25) is 0 Å². The topological polar surface area (TPSA) is 76.7 Å². The van der Waals surface area contributed by atoms with Crippen LogP contribution in [0.25, 0.3) is 0 Å². The maximum atomic E-state index is 12.8. The van der Waals surface area contributed by atoms with Crippen LogP contribution in [-0.4, -0.2) is 38.2 Å². The van der Waals surface area contributed by atoms with Gasteiger partial charge >= 0.3 is 0 Å². The summed E-state index contributed by atoms with van der Waals surface area (Å²) in [6, 6.07) is 12.9. The van der Waals surface area contributed by atoms with Gasteiger partial charge in [-0.15, -0.1) is 0 Å². The number of benzene rings is 2. The van der Waals surface area contributed by atoms with Crippen LogP contribution >= 0.6 is 0 Å². The Morgan fingerprint density at radius 2 is 1.80 bits per heavy atom. The molecule has 0 bridgehead atoms. The van der Waals surface area contributed by atoms with Crippen LogP contribution in [0, 0.1) is 6.92 Å². The third-order valence-electron chi connectivity index (χ3n) is 4.70. The molecule has 2 amide bonds. The van der Waals surface area contributed by atoms with Gasteiger partial charge in [-0.05, 0) is 55.5 Å². The van der Waals surface area contributed by atoms with Gasteiger partial charge in [0.25, 0.3) is 11.8 Å². The largest absolute Gasteiger partial charge is 0.481 e. The Hall–Kier alpha value is -2.86. The van der Waals surface area contributed by atoms with Crippen molar-refractivity contribution < 1.29 is 19.1 Å². The summed E-state index contributed by atoms with van der Waals surface area (Å²) in [6.07, 6.45) is -0.00169. The van der Waals surface area contributed by atoms with Gasteiger partial charge in [-0.2, -0.15) is 0 Å². The summed E-state index contributed by atoms with van der Waals surface area (Å²) >= 11 is 0. The number of carbonyl (C=O) groups is 2. The Balaban J connectivity index is 2.08. The molecule has 2 rings (SSSR count). The minimum atomic E-state index is -0.720. The first-order valence-corrected chi connectivity index (χ1v) is 10.3. The quantitative estimate of drug-likeness (QED) is 0.571. The average Bonchev–Trinajstić information content (AvgIpc) is 2.71. The molecule has 0 radical (unpaired) electrons. The lowest BCUT2D eigenvalue weighted by molar-refractivity contribution is -0.122. The number of para-hydroxylation sites is 1. The van der Waals surface area contributed by atoms with E-state index in [1.807, 2.05) is 25.1 Å². The van der Waals surface area contributed by atoms with Crippen LogP contribution in [0.2, 0.25) is 0 Å². The minimum Gasteiger partial charge on any atom is -0.481 e. The van der Waals surface area contributed by atoms with E-state index < -0.39 is 6.10 Å². The van der Waals surface area contributed by atoms with Crippen LogP contribution in [-0.2, 0) is 9.53 Å². The standard InChI is InChI=1S/C24H32N2O4/c1-16(2)19-12-11-17(3)15-22(19)30-18(4)23(27)26-21-10-7-6-9-20(21)24(28)25-13-8-14-29-5/h6-7,9-12,15-16,18H,8,13-14H2,1-5H3,(H,25,28)(H,26,27)/t18-/m1/s1. The highest BCUT2D eigenvalue weighted by Gasteiger charge is 2.20. The molecule has 0 aromatic heterocycles. The van der Waals surface area contributed by atoms with Gasteiger partial charge in [-0.25, -0.2) is 0 Å². The first-order chi connectivity index (χ1) is 14.3. The number of rotatable bonds is 10. The minimum absolute atomic E-state index is 0.239. The zero-order valence-electron chi connectivity index (χ0n) is 18.5.